The number of ether oxygens (including phenoxy) is 1. The lowest BCUT2D eigenvalue weighted by Crippen LogP contribution is -1.96. The Hall–Kier alpha value is -2.49. The Morgan fingerprint density at radius 1 is 1.16 bits per heavy atom. The van der Waals surface area contributed by atoms with Gasteiger partial charge in [-0.05, 0) is 31.2 Å². The van der Waals surface area contributed by atoms with Gasteiger partial charge in [0.25, 0.3) is 0 Å². The van der Waals surface area contributed by atoms with Crippen molar-refractivity contribution in [3.8, 4) is 17.0 Å². The fourth-order valence-corrected chi connectivity index (χ4v) is 2.19. The van der Waals surface area contributed by atoms with Crippen molar-refractivity contribution in [2.24, 2.45) is 0 Å². The standard InChI is InChI=1S/C15H15N3O/c1-10-12(16)7-8-15-17-13(9-18(10)15)11-5-3-4-6-14(11)19-2/h3-9H,16H2,1-2H3. The van der Waals surface area contributed by atoms with E-state index in [9.17, 15) is 0 Å². The molecule has 0 amide bonds. The highest BCUT2D eigenvalue weighted by molar-refractivity contribution is 5.70. The lowest BCUT2D eigenvalue weighted by molar-refractivity contribution is 0.416. The zero-order valence-corrected chi connectivity index (χ0v) is 10.9. The molecule has 0 saturated carbocycles. The molecule has 0 radical (unpaired) electrons. The largest absolute Gasteiger partial charge is 0.496 e. The first-order valence-electron chi connectivity index (χ1n) is 6.08. The number of hydrogen-bond acceptors (Lipinski definition) is 3. The molecule has 2 N–H and O–H groups in total. The van der Waals surface area contributed by atoms with E-state index in [1.165, 1.54) is 0 Å². The smallest absolute Gasteiger partial charge is 0.137 e. The van der Waals surface area contributed by atoms with Gasteiger partial charge in [0, 0.05) is 17.5 Å². The molecule has 0 aliphatic heterocycles. The predicted molar refractivity (Wildman–Crippen MR) is 76.3 cm³/mol. The number of fused-ring (bicyclic) bond motifs is 1. The van der Waals surface area contributed by atoms with Gasteiger partial charge in [0.1, 0.15) is 11.4 Å². The molecule has 0 spiro atoms. The van der Waals surface area contributed by atoms with Gasteiger partial charge in [-0.2, -0.15) is 0 Å². The zero-order chi connectivity index (χ0) is 13.4. The summed E-state index contributed by atoms with van der Waals surface area (Å²) in [7, 11) is 1.66. The molecule has 96 valence electrons. The average molecular weight is 253 g/mol. The van der Waals surface area contributed by atoms with Crippen LogP contribution < -0.4 is 10.5 Å². The summed E-state index contributed by atoms with van der Waals surface area (Å²) in [5, 5.41) is 0. The summed E-state index contributed by atoms with van der Waals surface area (Å²) >= 11 is 0. The number of rotatable bonds is 2. The highest BCUT2D eigenvalue weighted by Crippen LogP contribution is 2.29. The number of aromatic nitrogens is 2. The number of nitrogen functional groups attached to an aromatic ring is 1. The van der Waals surface area contributed by atoms with Gasteiger partial charge < -0.3 is 14.9 Å². The van der Waals surface area contributed by atoms with Crippen molar-refractivity contribution >= 4 is 11.3 Å². The summed E-state index contributed by atoms with van der Waals surface area (Å²) in [6.45, 7) is 1.98. The Morgan fingerprint density at radius 2 is 1.95 bits per heavy atom. The fraction of sp³-hybridized carbons (Fsp3) is 0.133. The lowest BCUT2D eigenvalue weighted by atomic mass is 10.1. The number of nitrogens with two attached hydrogens (primary N) is 1. The van der Waals surface area contributed by atoms with Crippen molar-refractivity contribution in [2.45, 2.75) is 6.92 Å². The molecule has 2 aromatic heterocycles. The third kappa shape index (κ3) is 1.81. The number of para-hydroxylation sites is 1. The minimum atomic E-state index is 0.761. The second kappa shape index (κ2) is 4.31. The van der Waals surface area contributed by atoms with Crippen LogP contribution in [-0.4, -0.2) is 16.5 Å². The van der Waals surface area contributed by atoms with Crippen molar-refractivity contribution in [3.05, 3.63) is 48.3 Å². The first-order valence-corrected chi connectivity index (χ1v) is 6.08. The van der Waals surface area contributed by atoms with Crippen LogP contribution in [0.25, 0.3) is 16.9 Å². The topological polar surface area (TPSA) is 52.5 Å². The molecule has 3 aromatic rings. The molecule has 0 saturated heterocycles. The van der Waals surface area contributed by atoms with Gasteiger partial charge in [-0.1, -0.05) is 12.1 Å². The first-order chi connectivity index (χ1) is 9.20. The van der Waals surface area contributed by atoms with E-state index in [0.717, 1.165) is 34.0 Å². The van der Waals surface area contributed by atoms with E-state index in [4.69, 9.17) is 10.5 Å². The van der Waals surface area contributed by atoms with E-state index >= 15 is 0 Å². The number of aryl methyl sites for hydroxylation is 1. The Kier molecular flexibility index (Phi) is 2.63. The van der Waals surface area contributed by atoms with Crippen LogP contribution in [-0.2, 0) is 0 Å². The Balaban J connectivity index is 2.24. The molecule has 19 heavy (non-hydrogen) atoms. The lowest BCUT2D eigenvalue weighted by Gasteiger charge is -2.04. The molecule has 4 nitrogen and oxygen atoms in total. The number of pyridine rings is 1. The predicted octanol–water partition coefficient (Wildman–Crippen LogP) is 2.90. The van der Waals surface area contributed by atoms with Crippen LogP contribution in [0, 0.1) is 6.92 Å². The van der Waals surface area contributed by atoms with Gasteiger partial charge in [-0.15, -0.1) is 0 Å². The monoisotopic (exact) mass is 253 g/mol. The van der Waals surface area contributed by atoms with E-state index in [1.54, 1.807) is 7.11 Å². The van der Waals surface area contributed by atoms with Crippen molar-refractivity contribution in [1.82, 2.24) is 9.38 Å². The number of anilines is 1. The second-order valence-corrected chi connectivity index (χ2v) is 4.43. The minimum absolute atomic E-state index is 0.761. The Labute approximate surface area is 111 Å². The van der Waals surface area contributed by atoms with Crippen molar-refractivity contribution in [1.29, 1.82) is 0 Å². The van der Waals surface area contributed by atoms with E-state index in [1.807, 2.05) is 53.9 Å². The summed E-state index contributed by atoms with van der Waals surface area (Å²) in [6, 6.07) is 11.6. The SMILES string of the molecule is COc1ccccc1-c1cn2c(C)c(N)ccc2n1. The van der Waals surface area contributed by atoms with Gasteiger partial charge in [0.2, 0.25) is 0 Å². The molecule has 0 atom stereocenters. The third-order valence-corrected chi connectivity index (χ3v) is 3.31. The van der Waals surface area contributed by atoms with Crippen molar-refractivity contribution in [3.63, 3.8) is 0 Å². The van der Waals surface area contributed by atoms with Gasteiger partial charge in [-0.3, -0.25) is 0 Å². The van der Waals surface area contributed by atoms with E-state index < -0.39 is 0 Å². The molecule has 2 heterocycles. The summed E-state index contributed by atoms with van der Waals surface area (Å²) < 4.78 is 7.37. The highest BCUT2D eigenvalue weighted by Gasteiger charge is 2.10. The van der Waals surface area contributed by atoms with Gasteiger partial charge in [-0.25, -0.2) is 4.98 Å². The maximum atomic E-state index is 5.92. The summed E-state index contributed by atoms with van der Waals surface area (Å²) in [6.07, 6.45) is 1.98. The van der Waals surface area contributed by atoms with Crippen LogP contribution in [0.15, 0.2) is 42.6 Å². The van der Waals surface area contributed by atoms with Crippen LogP contribution in [0.3, 0.4) is 0 Å². The van der Waals surface area contributed by atoms with Gasteiger partial charge in [0.15, 0.2) is 0 Å². The van der Waals surface area contributed by atoms with Crippen molar-refractivity contribution in [2.75, 3.05) is 12.8 Å². The average Bonchev–Trinajstić information content (AvgIpc) is 2.87. The number of hydrogen-bond donors (Lipinski definition) is 1. The Bertz CT molecular complexity index is 746. The molecule has 3 rings (SSSR count). The minimum Gasteiger partial charge on any atom is -0.496 e. The summed E-state index contributed by atoms with van der Waals surface area (Å²) in [5.74, 6) is 0.816. The number of benzene rings is 1. The Morgan fingerprint density at radius 3 is 2.74 bits per heavy atom. The number of nitrogens with zero attached hydrogens (tertiary/aromatic N) is 2. The van der Waals surface area contributed by atoms with Crippen molar-refractivity contribution < 1.29 is 4.74 Å². The van der Waals surface area contributed by atoms with Gasteiger partial charge in [0.05, 0.1) is 18.5 Å². The van der Waals surface area contributed by atoms with Crippen LogP contribution in [0.1, 0.15) is 5.69 Å². The quantitative estimate of drug-likeness (QED) is 0.764. The molecule has 0 aliphatic carbocycles. The normalized spacial score (nSPS) is 10.8. The maximum Gasteiger partial charge on any atom is 0.137 e. The van der Waals surface area contributed by atoms with Gasteiger partial charge >= 0.3 is 0 Å². The van der Waals surface area contributed by atoms with Crippen LogP contribution in [0.5, 0.6) is 5.75 Å². The first kappa shape index (κ1) is 11.6. The highest BCUT2D eigenvalue weighted by atomic mass is 16.5. The summed E-state index contributed by atoms with van der Waals surface area (Å²) in [4.78, 5) is 4.62. The van der Waals surface area contributed by atoms with Crippen LogP contribution >= 0.6 is 0 Å². The molecule has 1 aromatic carbocycles. The maximum absolute atomic E-state index is 5.92. The second-order valence-electron chi connectivity index (χ2n) is 4.43. The molecule has 0 bridgehead atoms. The van der Waals surface area contributed by atoms with Crippen LogP contribution in [0.4, 0.5) is 5.69 Å². The van der Waals surface area contributed by atoms with E-state index in [0.29, 0.717) is 0 Å². The molecule has 0 aliphatic rings. The zero-order valence-electron chi connectivity index (χ0n) is 10.9. The molecule has 0 unspecified atom stereocenters. The molecule has 0 fully saturated rings. The fourth-order valence-electron chi connectivity index (χ4n) is 2.19. The molecular formula is C15H15N3O. The molecule has 4 heteroatoms. The summed E-state index contributed by atoms with van der Waals surface area (Å²) in [5.41, 5.74) is 10.4. The van der Waals surface area contributed by atoms with Crippen LogP contribution in [0.2, 0.25) is 0 Å². The van der Waals surface area contributed by atoms with E-state index in [-0.39, 0.29) is 0 Å². The van der Waals surface area contributed by atoms with E-state index in [2.05, 4.69) is 4.98 Å². The number of methoxy groups -OCH3 is 1. The molecular weight excluding hydrogens is 238 g/mol. The third-order valence-electron chi connectivity index (χ3n) is 3.31. The number of imidazole rings is 1.